The van der Waals surface area contributed by atoms with Crippen molar-refractivity contribution >= 4 is 12.1 Å². The lowest BCUT2D eigenvalue weighted by Gasteiger charge is -1.98. The average Bonchev–Trinajstić information content (AvgIpc) is 1.91. The molecule has 0 aromatic rings. The SMILES string of the molecule is C=CC([C]=O)C(=O)CCC. The van der Waals surface area contributed by atoms with Crippen molar-refractivity contribution in [2.24, 2.45) is 5.92 Å². The Morgan fingerprint density at radius 2 is 2.40 bits per heavy atom. The molecule has 0 spiro atoms. The first-order chi connectivity index (χ1) is 4.76. The highest BCUT2D eigenvalue weighted by Crippen LogP contribution is 2.01. The number of carbonyl (C=O) groups excluding carboxylic acids is 2. The second-order valence-corrected chi connectivity index (χ2v) is 2.05. The molecule has 2 heteroatoms. The summed E-state index contributed by atoms with van der Waals surface area (Å²) in [5.74, 6) is -0.799. The first-order valence-corrected chi connectivity index (χ1v) is 3.29. The van der Waals surface area contributed by atoms with Crippen molar-refractivity contribution in [3.8, 4) is 0 Å². The average molecular weight is 139 g/mol. The van der Waals surface area contributed by atoms with Crippen molar-refractivity contribution < 1.29 is 9.59 Å². The van der Waals surface area contributed by atoms with Crippen LogP contribution in [0.15, 0.2) is 12.7 Å². The summed E-state index contributed by atoms with van der Waals surface area (Å²) in [5.41, 5.74) is 0. The molecule has 0 aromatic carbocycles. The lowest BCUT2D eigenvalue weighted by molar-refractivity contribution is -0.119. The Labute approximate surface area is 60.9 Å². The summed E-state index contributed by atoms with van der Waals surface area (Å²) >= 11 is 0. The number of Topliss-reactive ketones (excluding diaryl/α,β-unsaturated/α-hetero) is 1. The van der Waals surface area contributed by atoms with E-state index in [1.54, 1.807) is 6.29 Å². The Morgan fingerprint density at radius 1 is 1.80 bits per heavy atom. The monoisotopic (exact) mass is 139 g/mol. The summed E-state index contributed by atoms with van der Waals surface area (Å²) in [6, 6.07) is 0. The molecule has 0 aliphatic heterocycles. The number of hydrogen-bond acceptors (Lipinski definition) is 2. The zero-order valence-electron chi connectivity index (χ0n) is 6.09. The third-order valence-corrected chi connectivity index (χ3v) is 1.21. The largest absolute Gasteiger partial charge is 0.299 e. The second-order valence-electron chi connectivity index (χ2n) is 2.05. The van der Waals surface area contributed by atoms with Gasteiger partial charge in [0.2, 0.25) is 6.29 Å². The molecule has 0 fully saturated rings. The lowest BCUT2D eigenvalue weighted by atomic mass is 10.0. The number of rotatable bonds is 5. The molecule has 1 radical (unpaired) electrons. The maximum Gasteiger partial charge on any atom is 0.213 e. The molecule has 0 aliphatic carbocycles. The van der Waals surface area contributed by atoms with Crippen LogP contribution in [-0.2, 0) is 9.59 Å². The van der Waals surface area contributed by atoms with Crippen LogP contribution in [0.5, 0.6) is 0 Å². The fourth-order valence-electron chi connectivity index (χ4n) is 0.647. The second kappa shape index (κ2) is 4.91. The minimum atomic E-state index is -0.708. The molecule has 0 aromatic heterocycles. The van der Waals surface area contributed by atoms with Gasteiger partial charge in [-0.25, -0.2) is 0 Å². The van der Waals surface area contributed by atoms with Crippen molar-refractivity contribution in [2.45, 2.75) is 19.8 Å². The molecule has 0 heterocycles. The van der Waals surface area contributed by atoms with Gasteiger partial charge >= 0.3 is 0 Å². The molecule has 0 rings (SSSR count). The Kier molecular flexibility index (Phi) is 4.46. The smallest absolute Gasteiger partial charge is 0.213 e. The van der Waals surface area contributed by atoms with E-state index in [0.717, 1.165) is 6.42 Å². The molecule has 0 amide bonds. The maximum absolute atomic E-state index is 10.9. The molecule has 0 saturated carbocycles. The Balaban J connectivity index is 3.88. The molecule has 1 atom stereocenters. The summed E-state index contributed by atoms with van der Waals surface area (Å²) < 4.78 is 0. The summed E-state index contributed by atoms with van der Waals surface area (Å²) in [6.45, 7) is 5.24. The zero-order chi connectivity index (χ0) is 7.98. The van der Waals surface area contributed by atoms with E-state index in [9.17, 15) is 9.59 Å². The lowest BCUT2D eigenvalue weighted by Crippen LogP contribution is -2.12. The van der Waals surface area contributed by atoms with Gasteiger partial charge in [-0.3, -0.25) is 9.59 Å². The molecule has 0 bridgehead atoms. The first-order valence-electron chi connectivity index (χ1n) is 3.29. The van der Waals surface area contributed by atoms with Crippen LogP contribution in [0.4, 0.5) is 0 Å². The Bertz CT molecular complexity index is 130. The third-order valence-electron chi connectivity index (χ3n) is 1.21. The van der Waals surface area contributed by atoms with E-state index in [1.165, 1.54) is 6.08 Å². The molecular weight excluding hydrogens is 128 g/mol. The van der Waals surface area contributed by atoms with E-state index in [-0.39, 0.29) is 5.78 Å². The van der Waals surface area contributed by atoms with Crippen molar-refractivity contribution in [1.29, 1.82) is 0 Å². The predicted octanol–water partition coefficient (Wildman–Crippen LogP) is 1.27. The van der Waals surface area contributed by atoms with Crippen LogP contribution in [0, 0.1) is 5.92 Å². The summed E-state index contributed by atoms with van der Waals surface area (Å²) in [7, 11) is 0. The van der Waals surface area contributed by atoms with Crippen LogP contribution < -0.4 is 0 Å². The summed E-state index contributed by atoms with van der Waals surface area (Å²) in [6.07, 6.45) is 4.15. The number of carbonyl (C=O) groups is 1. The molecule has 10 heavy (non-hydrogen) atoms. The highest BCUT2D eigenvalue weighted by atomic mass is 16.1. The van der Waals surface area contributed by atoms with E-state index >= 15 is 0 Å². The van der Waals surface area contributed by atoms with Crippen molar-refractivity contribution in [3.63, 3.8) is 0 Å². The maximum atomic E-state index is 10.9. The van der Waals surface area contributed by atoms with Gasteiger partial charge in [-0.15, -0.1) is 6.58 Å². The van der Waals surface area contributed by atoms with E-state index < -0.39 is 5.92 Å². The van der Waals surface area contributed by atoms with Crippen molar-refractivity contribution in [3.05, 3.63) is 12.7 Å². The number of allylic oxidation sites excluding steroid dienone is 1. The number of hydrogen-bond donors (Lipinski definition) is 0. The van der Waals surface area contributed by atoms with Gasteiger partial charge in [0.1, 0.15) is 11.7 Å². The standard InChI is InChI=1S/C8H11O2/c1-3-5-8(10)7(4-2)6-9/h4,7H,2-3,5H2,1H3. The van der Waals surface area contributed by atoms with Gasteiger partial charge in [0, 0.05) is 6.42 Å². The van der Waals surface area contributed by atoms with Gasteiger partial charge in [-0.2, -0.15) is 0 Å². The topological polar surface area (TPSA) is 34.1 Å². The van der Waals surface area contributed by atoms with Gasteiger partial charge < -0.3 is 0 Å². The predicted molar refractivity (Wildman–Crippen MR) is 39.3 cm³/mol. The van der Waals surface area contributed by atoms with Crippen LogP contribution in [0.3, 0.4) is 0 Å². The van der Waals surface area contributed by atoms with Crippen LogP contribution in [0.1, 0.15) is 19.8 Å². The fourth-order valence-corrected chi connectivity index (χ4v) is 0.647. The molecule has 0 saturated heterocycles. The van der Waals surface area contributed by atoms with E-state index in [1.807, 2.05) is 6.92 Å². The minimum absolute atomic E-state index is 0.0903. The van der Waals surface area contributed by atoms with E-state index in [4.69, 9.17) is 0 Å². The van der Waals surface area contributed by atoms with E-state index in [0.29, 0.717) is 6.42 Å². The van der Waals surface area contributed by atoms with Crippen LogP contribution in [0.2, 0.25) is 0 Å². The molecule has 0 N–H and O–H groups in total. The molecule has 55 valence electrons. The van der Waals surface area contributed by atoms with Gasteiger partial charge in [0.05, 0.1) is 0 Å². The first kappa shape index (κ1) is 9.08. The van der Waals surface area contributed by atoms with E-state index in [2.05, 4.69) is 6.58 Å². The Morgan fingerprint density at radius 3 is 2.70 bits per heavy atom. The Hall–Kier alpha value is -0.920. The molecule has 0 aliphatic rings. The van der Waals surface area contributed by atoms with Crippen molar-refractivity contribution in [2.75, 3.05) is 0 Å². The molecule has 2 nitrogen and oxygen atoms in total. The number of ketones is 1. The highest BCUT2D eigenvalue weighted by molar-refractivity contribution is 5.95. The fraction of sp³-hybridized carbons (Fsp3) is 0.500. The molecular formula is C8H11O2. The highest BCUT2D eigenvalue weighted by Gasteiger charge is 2.12. The van der Waals surface area contributed by atoms with Crippen LogP contribution in [-0.4, -0.2) is 12.1 Å². The van der Waals surface area contributed by atoms with Crippen LogP contribution >= 0.6 is 0 Å². The zero-order valence-corrected chi connectivity index (χ0v) is 6.09. The van der Waals surface area contributed by atoms with Gasteiger partial charge in [-0.05, 0) is 6.42 Å². The third kappa shape index (κ3) is 2.58. The normalized spacial score (nSPS) is 12.1. The van der Waals surface area contributed by atoms with Gasteiger partial charge in [0.15, 0.2) is 0 Å². The van der Waals surface area contributed by atoms with Crippen molar-refractivity contribution in [1.82, 2.24) is 0 Å². The summed E-state index contributed by atoms with van der Waals surface area (Å²) in [4.78, 5) is 20.9. The minimum Gasteiger partial charge on any atom is -0.299 e. The van der Waals surface area contributed by atoms with Gasteiger partial charge in [0.25, 0.3) is 0 Å². The summed E-state index contributed by atoms with van der Waals surface area (Å²) in [5, 5.41) is 0. The quantitative estimate of drug-likeness (QED) is 0.424. The van der Waals surface area contributed by atoms with Gasteiger partial charge in [-0.1, -0.05) is 13.0 Å². The van der Waals surface area contributed by atoms with Crippen LogP contribution in [0.25, 0.3) is 0 Å². The molecule has 1 unspecified atom stereocenters.